The lowest BCUT2D eigenvalue weighted by Gasteiger charge is -2.04. The smallest absolute Gasteiger partial charge is 0.244 e. The van der Waals surface area contributed by atoms with E-state index in [1.807, 2.05) is 13.8 Å². The average molecular weight is 348 g/mol. The van der Waals surface area contributed by atoms with Crippen molar-refractivity contribution in [2.45, 2.75) is 31.3 Å². The second-order valence-corrected chi connectivity index (χ2v) is 7.21. The number of benzene rings is 1. The van der Waals surface area contributed by atoms with Crippen molar-refractivity contribution in [3.8, 4) is 0 Å². The van der Waals surface area contributed by atoms with Crippen LogP contribution in [-0.4, -0.2) is 20.4 Å². The largest absolute Gasteiger partial charge is 0.460 e. The molecule has 24 heavy (non-hydrogen) atoms. The van der Waals surface area contributed by atoms with Crippen LogP contribution in [0.15, 0.2) is 57.9 Å². The summed E-state index contributed by atoms with van der Waals surface area (Å²) < 4.78 is 32.2. The van der Waals surface area contributed by atoms with Crippen LogP contribution in [0.4, 0.5) is 0 Å². The molecule has 2 rings (SSSR count). The Morgan fingerprint density at radius 1 is 1.17 bits per heavy atom. The highest BCUT2D eigenvalue weighted by Gasteiger charge is 2.13. The van der Waals surface area contributed by atoms with Crippen molar-refractivity contribution in [1.29, 1.82) is 0 Å². The maximum atomic E-state index is 12.1. The molecule has 1 aromatic heterocycles. The van der Waals surface area contributed by atoms with E-state index < -0.39 is 10.0 Å². The summed E-state index contributed by atoms with van der Waals surface area (Å²) in [6, 6.07) is 11.5. The lowest BCUT2D eigenvalue weighted by Crippen LogP contribution is -2.28. The molecule has 7 heteroatoms. The summed E-state index contributed by atoms with van der Waals surface area (Å²) in [5.74, 6) is 0.717. The van der Waals surface area contributed by atoms with Crippen molar-refractivity contribution in [1.82, 2.24) is 10.0 Å². The first-order valence-electron chi connectivity index (χ1n) is 7.49. The van der Waals surface area contributed by atoms with Gasteiger partial charge >= 0.3 is 0 Å². The zero-order valence-corrected chi connectivity index (χ0v) is 14.3. The standard InChI is InChI=1S/C17H20N2O4S/c1-13(2)19-17(20)11-10-14-8-9-15(23-14)12-18-24(21,22)16-6-4-3-5-7-16/h3-11,13,18H,12H2,1-2H3,(H,19,20)/b11-10+. The van der Waals surface area contributed by atoms with Gasteiger partial charge in [-0.1, -0.05) is 18.2 Å². The van der Waals surface area contributed by atoms with E-state index >= 15 is 0 Å². The quantitative estimate of drug-likeness (QED) is 0.752. The third-order valence-corrected chi connectivity index (χ3v) is 4.42. The molecule has 0 aliphatic rings. The van der Waals surface area contributed by atoms with E-state index in [2.05, 4.69) is 10.0 Å². The molecule has 1 amide bonds. The van der Waals surface area contributed by atoms with Crippen LogP contribution >= 0.6 is 0 Å². The molecule has 0 aliphatic heterocycles. The van der Waals surface area contributed by atoms with Crippen molar-refractivity contribution in [2.24, 2.45) is 0 Å². The molecule has 0 radical (unpaired) electrons. The maximum Gasteiger partial charge on any atom is 0.244 e. The van der Waals surface area contributed by atoms with Crippen molar-refractivity contribution in [3.05, 3.63) is 60.1 Å². The first-order valence-corrected chi connectivity index (χ1v) is 8.97. The van der Waals surface area contributed by atoms with Gasteiger partial charge in [-0.25, -0.2) is 13.1 Å². The van der Waals surface area contributed by atoms with E-state index in [0.29, 0.717) is 11.5 Å². The summed E-state index contributed by atoms with van der Waals surface area (Å²) in [4.78, 5) is 11.7. The van der Waals surface area contributed by atoms with Crippen molar-refractivity contribution >= 4 is 22.0 Å². The molecular formula is C17H20N2O4S. The van der Waals surface area contributed by atoms with Gasteiger partial charge in [0.15, 0.2) is 0 Å². The van der Waals surface area contributed by atoms with Gasteiger partial charge in [-0.15, -0.1) is 0 Å². The zero-order chi connectivity index (χ0) is 17.6. The van der Waals surface area contributed by atoms with E-state index in [1.54, 1.807) is 30.3 Å². The van der Waals surface area contributed by atoms with Crippen LogP contribution in [0.3, 0.4) is 0 Å². The van der Waals surface area contributed by atoms with Gasteiger partial charge < -0.3 is 9.73 Å². The third kappa shape index (κ3) is 5.36. The maximum absolute atomic E-state index is 12.1. The van der Waals surface area contributed by atoms with Crippen molar-refractivity contribution in [2.75, 3.05) is 0 Å². The second kappa shape index (κ2) is 7.94. The van der Waals surface area contributed by atoms with Crippen LogP contribution in [0.2, 0.25) is 0 Å². The van der Waals surface area contributed by atoms with Gasteiger partial charge in [0.2, 0.25) is 15.9 Å². The van der Waals surface area contributed by atoms with Gasteiger partial charge in [-0.2, -0.15) is 0 Å². The molecule has 0 spiro atoms. The highest BCUT2D eigenvalue weighted by molar-refractivity contribution is 7.89. The number of carbonyl (C=O) groups is 1. The lowest BCUT2D eigenvalue weighted by molar-refractivity contribution is -0.116. The Balaban J connectivity index is 1.95. The predicted molar refractivity (Wildman–Crippen MR) is 91.5 cm³/mol. The molecule has 6 nitrogen and oxygen atoms in total. The molecule has 0 unspecified atom stereocenters. The Morgan fingerprint density at radius 2 is 1.88 bits per heavy atom. The van der Waals surface area contributed by atoms with E-state index in [9.17, 15) is 13.2 Å². The number of hydrogen-bond donors (Lipinski definition) is 2. The summed E-state index contributed by atoms with van der Waals surface area (Å²) in [5.41, 5.74) is 0. The molecule has 0 saturated carbocycles. The van der Waals surface area contributed by atoms with E-state index in [0.717, 1.165) is 0 Å². The minimum Gasteiger partial charge on any atom is -0.460 e. The van der Waals surface area contributed by atoms with Crippen LogP contribution in [0, 0.1) is 0 Å². The van der Waals surface area contributed by atoms with Gasteiger partial charge in [-0.3, -0.25) is 4.79 Å². The number of rotatable bonds is 7. The molecule has 0 bridgehead atoms. The molecule has 0 aliphatic carbocycles. The van der Waals surface area contributed by atoms with E-state index in [4.69, 9.17) is 4.42 Å². The zero-order valence-electron chi connectivity index (χ0n) is 13.5. The Kier molecular flexibility index (Phi) is 5.94. The number of sulfonamides is 1. The normalized spacial score (nSPS) is 12.0. The Labute approximate surface area is 141 Å². The van der Waals surface area contributed by atoms with Crippen LogP contribution in [0.1, 0.15) is 25.4 Å². The van der Waals surface area contributed by atoms with Crippen molar-refractivity contribution in [3.63, 3.8) is 0 Å². The van der Waals surface area contributed by atoms with Gasteiger partial charge in [0.25, 0.3) is 0 Å². The first kappa shape index (κ1) is 18.0. The predicted octanol–water partition coefficient (Wildman–Crippen LogP) is 2.30. The van der Waals surface area contributed by atoms with Crippen LogP contribution < -0.4 is 10.0 Å². The fourth-order valence-electron chi connectivity index (χ4n) is 1.92. The van der Waals surface area contributed by atoms with Gasteiger partial charge in [0, 0.05) is 12.1 Å². The number of hydrogen-bond acceptors (Lipinski definition) is 4. The highest BCUT2D eigenvalue weighted by Crippen LogP contribution is 2.12. The Bertz CT molecular complexity index is 808. The molecule has 0 saturated heterocycles. The molecule has 0 atom stereocenters. The summed E-state index contributed by atoms with van der Waals surface area (Å²) in [6.45, 7) is 3.77. The van der Waals surface area contributed by atoms with Crippen LogP contribution in [0.5, 0.6) is 0 Å². The summed E-state index contributed by atoms with van der Waals surface area (Å²) in [6.07, 6.45) is 2.91. The fraction of sp³-hybridized carbons (Fsp3) is 0.235. The number of furan rings is 1. The number of carbonyl (C=O) groups excluding carboxylic acids is 1. The topological polar surface area (TPSA) is 88.4 Å². The molecule has 2 N–H and O–H groups in total. The van der Waals surface area contributed by atoms with Crippen molar-refractivity contribution < 1.29 is 17.6 Å². The molecular weight excluding hydrogens is 328 g/mol. The highest BCUT2D eigenvalue weighted by atomic mass is 32.2. The minimum absolute atomic E-state index is 0.0310. The summed E-state index contributed by atoms with van der Waals surface area (Å²) in [7, 11) is -3.58. The van der Waals surface area contributed by atoms with E-state index in [1.165, 1.54) is 24.3 Å². The van der Waals surface area contributed by atoms with E-state index in [-0.39, 0.29) is 23.4 Å². The Morgan fingerprint density at radius 3 is 2.54 bits per heavy atom. The summed E-state index contributed by atoms with van der Waals surface area (Å²) in [5, 5.41) is 2.72. The monoisotopic (exact) mass is 348 g/mol. The molecule has 128 valence electrons. The Hall–Kier alpha value is -2.38. The fourth-order valence-corrected chi connectivity index (χ4v) is 2.93. The van der Waals surface area contributed by atoms with Crippen LogP contribution in [0.25, 0.3) is 6.08 Å². The molecule has 0 fully saturated rings. The first-order chi connectivity index (χ1) is 11.4. The molecule has 1 aromatic carbocycles. The van der Waals surface area contributed by atoms with Gasteiger partial charge in [-0.05, 0) is 44.2 Å². The molecule has 2 aromatic rings. The number of nitrogens with one attached hydrogen (secondary N) is 2. The minimum atomic E-state index is -3.58. The average Bonchev–Trinajstić information content (AvgIpc) is 2.99. The number of amides is 1. The lowest BCUT2D eigenvalue weighted by atomic mass is 10.3. The third-order valence-electron chi connectivity index (χ3n) is 3.00. The second-order valence-electron chi connectivity index (χ2n) is 5.44. The van der Waals surface area contributed by atoms with Gasteiger partial charge in [0.1, 0.15) is 11.5 Å². The summed E-state index contributed by atoms with van der Waals surface area (Å²) >= 11 is 0. The molecule has 1 heterocycles. The van der Waals surface area contributed by atoms with Gasteiger partial charge in [0.05, 0.1) is 11.4 Å². The SMILES string of the molecule is CC(C)NC(=O)/C=C/c1ccc(CNS(=O)(=O)c2ccccc2)o1. The van der Waals surface area contributed by atoms with Crippen LogP contribution in [-0.2, 0) is 21.4 Å².